The number of hydrogen-bond acceptors (Lipinski definition) is 2. The van der Waals surface area contributed by atoms with Crippen LogP contribution in [0.5, 0.6) is 0 Å². The van der Waals surface area contributed by atoms with E-state index in [2.05, 4.69) is 11.2 Å². The van der Waals surface area contributed by atoms with Gasteiger partial charge in [-0.15, -0.1) is 0 Å². The second-order valence-electron chi connectivity index (χ2n) is 1.05. The summed E-state index contributed by atoms with van der Waals surface area (Å²) < 4.78 is 3.51. The standard InChI is InChI=1S/C3H8BNOS/c1-2-3-7-5-4-6/h6H,2-3H2,1H3. The van der Waals surface area contributed by atoms with Crippen molar-refractivity contribution in [1.29, 1.82) is 0 Å². The molecule has 0 heterocycles. The van der Waals surface area contributed by atoms with Crippen LogP contribution in [-0.2, 0) is 0 Å². The van der Waals surface area contributed by atoms with E-state index >= 15 is 0 Å². The van der Waals surface area contributed by atoms with Crippen LogP contribution in [0.1, 0.15) is 13.3 Å². The number of hydrogen-bond donors (Lipinski definition) is 1. The van der Waals surface area contributed by atoms with Crippen LogP contribution in [0.25, 0.3) is 0 Å². The fourth-order valence-corrected chi connectivity index (χ4v) is 0.532. The van der Waals surface area contributed by atoms with E-state index in [0.29, 0.717) is 0 Å². The Morgan fingerprint density at radius 1 is 1.86 bits per heavy atom. The van der Waals surface area contributed by atoms with Gasteiger partial charge in [-0.1, -0.05) is 0 Å². The van der Waals surface area contributed by atoms with Gasteiger partial charge in [0, 0.05) is 0 Å². The van der Waals surface area contributed by atoms with Crippen LogP contribution in [0, 0.1) is 0 Å². The second-order valence-corrected chi connectivity index (χ2v) is 1.93. The molecule has 0 fully saturated rings. The Hall–Kier alpha value is 0.0149. The molecule has 0 saturated heterocycles. The predicted octanol–water partition coefficient (Wildman–Crippen LogP) is 0.840. The molecular weight excluding hydrogens is 109 g/mol. The maximum absolute atomic E-state index is 7.98. The first-order chi connectivity index (χ1) is 3.41. The molecule has 0 radical (unpaired) electrons. The van der Waals surface area contributed by atoms with Gasteiger partial charge in [-0.2, -0.15) is 0 Å². The van der Waals surface area contributed by atoms with Crippen molar-refractivity contribution in [3.8, 4) is 0 Å². The molecule has 0 unspecified atom stereocenters. The molecule has 1 N–H and O–H groups in total. The van der Waals surface area contributed by atoms with Crippen molar-refractivity contribution in [1.82, 2.24) is 0 Å². The van der Waals surface area contributed by atoms with Gasteiger partial charge in [-0.05, 0) is 0 Å². The molecule has 0 aliphatic heterocycles. The van der Waals surface area contributed by atoms with Gasteiger partial charge in [0.05, 0.1) is 0 Å². The summed E-state index contributed by atoms with van der Waals surface area (Å²) >= 11 is 1.37. The monoisotopic (exact) mass is 117 g/mol. The molecule has 4 heteroatoms. The molecule has 0 aliphatic rings. The summed E-state index contributed by atoms with van der Waals surface area (Å²) in [7, 11) is 0.820. The Morgan fingerprint density at radius 3 is 3.00 bits per heavy atom. The third kappa shape index (κ3) is 6.01. The van der Waals surface area contributed by atoms with Crippen molar-refractivity contribution in [3.05, 3.63) is 0 Å². The molecule has 0 rings (SSSR count). The Morgan fingerprint density at radius 2 is 2.57 bits per heavy atom. The summed E-state index contributed by atoms with van der Waals surface area (Å²) in [6.45, 7) is 2.07. The van der Waals surface area contributed by atoms with Crippen molar-refractivity contribution in [3.63, 3.8) is 0 Å². The van der Waals surface area contributed by atoms with E-state index in [1.54, 1.807) is 0 Å². The summed E-state index contributed by atoms with van der Waals surface area (Å²) in [6, 6.07) is 0. The number of rotatable bonds is 3. The van der Waals surface area contributed by atoms with Crippen LogP contribution in [-0.4, -0.2) is 18.1 Å². The predicted molar refractivity (Wildman–Crippen MR) is 33.1 cm³/mol. The third-order valence-electron chi connectivity index (χ3n) is 0.417. The van der Waals surface area contributed by atoms with Gasteiger partial charge in [0.1, 0.15) is 0 Å². The van der Waals surface area contributed by atoms with E-state index in [0.717, 1.165) is 19.4 Å². The Balaban J connectivity index is 2.69. The zero-order chi connectivity index (χ0) is 5.54. The van der Waals surface area contributed by atoms with Gasteiger partial charge in [-0.25, -0.2) is 0 Å². The van der Waals surface area contributed by atoms with Gasteiger partial charge in [0.25, 0.3) is 0 Å². The fraction of sp³-hybridized carbons (Fsp3) is 1.00. The molecule has 0 amide bonds. The first-order valence-electron chi connectivity index (χ1n) is 2.19. The van der Waals surface area contributed by atoms with E-state index in [4.69, 9.17) is 5.02 Å². The van der Waals surface area contributed by atoms with Crippen molar-refractivity contribution in [2.24, 2.45) is 4.30 Å². The molecule has 0 aromatic heterocycles. The zero-order valence-electron chi connectivity index (χ0n) is 4.29. The fourth-order valence-electron chi connectivity index (χ4n) is 0.177. The zero-order valence-corrected chi connectivity index (χ0v) is 5.11. The van der Waals surface area contributed by atoms with E-state index < -0.39 is 0 Å². The number of nitrogens with zero attached hydrogens (tertiary/aromatic N) is 1. The molecule has 0 aromatic rings. The molecule has 0 bridgehead atoms. The summed E-state index contributed by atoms with van der Waals surface area (Å²) in [5, 5.41) is 7.98. The first kappa shape index (κ1) is 7.01. The average Bonchev–Trinajstić information content (AvgIpc) is 1.69. The van der Waals surface area contributed by atoms with E-state index in [1.165, 1.54) is 11.9 Å². The topological polar surface area (TPSA) is 32.6 Å². The first-order valence-corrected chi connectivity index (χ1v) is 3.14. The van der Waals surface area contributed by atoms with Crippen LogP contribution in [0.15, 0.2) is 4.30 Å². The molecular formula is C3H8BNOS. The van der Waals surface area contributed by atoms with Crippen molar-refractivity contribution in [2.75, 3.05) is 5.75 Å². The Kier molecular flexibility index (Phi) is 6.03. The second kappa shape index (κ2) is 6.01. The minimum atomic E-state index is 0.820. The molecule has 2 nitrogen and oxygen atoms in total. The average molecular weight is 117 g/mol. The van der Waals surface area contributed by atoms with Gasteiger partial charge in [-0.3, -0.25) is 0 Å². The normalized spacial score (nSPS) is 9.29. The summed E-state index contributed by atoms with van der Waals surface area (Å²) in [5.41, 5.74) is 0. The van der Waals surface area contributed by atoms with E-state index in [9.17, 15) is 0 Å². The van der Waals surface area contributed by atoms with Crippen LogP contribution in [0.3, 0.4) is 0 Å². The maximum atomic E-state index is 7.98. The van der Waals surface area contributed by atoms with Crippen LogP contribution >= 0.6 is 11.9 Å². The molecule has 0 aliphatic carbocycles. The molecule has 0 spiro atoms. The van der Waals surface area contributed by atoms with Crippen LogP contribution < -0.4 is 0 Å². The van der Waals surface area contributed by atoms with E-state index in [1.807, 2.05) is 0 Å². The molecule has 0 aromatic carbocycles. The van der Waals surface area contributed by atoms with Gasteiger partial charge >= 0.3 is 47.6 Å². The van der Waals surface area contributed by atoms with Crippen molar-refractivity contribution < 1.29 is 5.02 Å². The molecule has 7 heavy (non-hydrogen) atoms. The van der Waals surface area contributed by atoms with E-state index in [-0.39, 0.29) is 0 Å². The van der Waals surface area contributed by atoms with Gasteiger partial charge in [0.2, 0.25) is 0 Å². The van der Waals surface area contributed by atoms with Gasteiger partial charge in [0.15, 0.2) is 0 Å². The third-order valence-corrected chi connectivity index (χ3v) is 1.25. The van der Waals surface area contributed by atoms with Crippen molar-refractivity contribution >= 4 is 19.2 Å². The summed E-state index contributed by atoms with van der Waals surface area (Å²) in [5.74, 6) is 0.983. The minimum absolute atomic E-state index is 0.820. The molecule has 40 valence electrons. The Bertz CT molecular complexity index is 58.9. The Labute approximate surface area is 48.4 Å². The summed E-state index contributed by atoms with van der Waals surface area (Å²) in [4.78, 5) is 0. The summed E-state index contributed by atoms with van der Waals surface area (Å²) in [6.07, 6.45) is 1.10. The van der Waals surface area contributed by atoms with Crippen molar-refractivity contribution in [2.45, 2.75) is 13.3 Å². The van der Waals surface area contributed by atoms with Crippen LogP contribution in [0.4, 0.5) is 0 Å². The van der Waals surface area contributed by atoms with Crippen LogP contribution in [0.2, 0.25) is 0 Å². The quantitative estimate of drug-likeness (QED) is 0.337. The molecule has 0 atom stereocenters. The van der Waals surface area contributed by atoms with Gasteiger partial charge < -0.3 is 0 Å². The molecule has 0 saturated carbocycles. The SMILES string of the molecule is CCCSN=BO.